The lowest BCUT2D eigenvalue weighted by Crippen LogP contribution is -2.31. The van der Waals surface area contributed by atoms with Crippen molar-refractivity contribution >= 4 is 33.7 Å². The zero-order valence-corrected chi connectivity index (χ0v) is 19.6. The van der Waals surface area contributed by atoms with E-state index in [1.807, 2.05) is 19.1 Å². The zero-order chi connectivity index (χ0) is 23.7. The molecule has 1 aliphatic heterocycles. The number of nitrogens with zero attached hydrogens (tertiary/aromatic N) is 1. The molecule has 0 radical (unpaired) electrons. The van der Waals surface area contributed by atoms with E-state index in [1.54, 1.807) is 40.7 Å². The van der Waals surface area contributed by atoms with Crippen LogP contribution in [-0.4, -0.2) is 44.3 Å². The van der Waals surface area contributed by atoms with Crippen molar-refractivity contribution in [1.29, 1.82) is 0 Å². The molecule has 0 bridgehead atoms. The molecule has 2 aromatic rings. The van der Waals surface area contributed by atoms with E-state index in [1.165, 1.54) is 12.2 Å². The van der Waals surface area contributed by atoms with Gasteiger partial charge in [0.15, 0.2) is 6.61 Å². The number of nitrogens with one attached hydrogen (secondary N) is 1. The molecular weight excluding hydrogens is 440 g/mol. The van der Waals surface area contributed by atoms with Gasteiger partial charge in [-0.05, 0) is 60.7 Å². The number of hydrogen-bond donors (Lipinski definition) is 1. The predicted molar refractivity (Wildman–Crippen MR) is 128 cm³/mol. The van der Waals surface area contributed by atoms with Gasteiger partial charge in [-0.15, -0.1) is 0 Å². The summed E-state index contributed by atoms with van der Waals surface area (Å²) in [7, 11) is -3.51. The van der Waals surface area contributed by atoms with Crippen molar-refractivity contribution in [3.05, 3.63) is 65.7 Å². The van der Waals surface area contributed by atoms with Crippen LogP contribution in [0, 0.1) is 0 Å². The minimum absolute atomic E-state index is 0.243. The number of benzene rings is 2. The summed E-state index contributed by atoms with van der Waals surface area (Å²) in [5.74, 6) is -1.09. The van der Waals surface area contributed by atoms with Crippen LogP contribution in [-0.2, 0) is 30.8 Å². The lowest BCUT2D eigenvalue weighted by molar-refractivity contribution is -0.142. The van der Waals surface area contributed by atoms with Crippen LogP contribution in [0.1, 0.15) is 43.7 Å². The maximum absolute atomic E-state index is 12.8. The molecule has 1 fully saturated rings. The van der Waals surface area contributed by atoms with E-state index in [9.17, 15) is 18.0 Å². The highest BCUT2D eigenvalue weighted by Crippen LogP contribution is 2.21. The van der Waals surface area contributed by atoms with Crippen LogP contribution in [0.25, 0.3) is 6.08 Å². The SMILES string of the molecule is CCc1ccc(NC(=O)COC(=O)C=Cc2ccc(S(=O)(=O)N3CCCCCC3)cc2)cc1. The number of esters is 1. The van der Waals surface area contributed by atoms with Gasteiger partial charge in [-0.25, -0.2) is 13.2 Å². The third-order valence-electron chi connectivity index (χ3n) is 5.49. The quantitative estimate of drug-likeness (QED) is 0.465. The molecule has 1 amide bonds. The highest BCUT2D eigenvalue weighted by molar-refractivity contribution is 7.89. The first-order chi connectivity index (χ1) is 15.9. The first kappa shape index (κ1) is 24.7. The number of ether oxygens (including phenoxy) is 1. The molecule has 0 aromatic heterocycles. The Hall–Kier alpha value is -2.97. The Morgan fingerprint density at radius 2 is 1.61 bits per heavy atom. The molecule has 1 aliphatic rings. The third-order valence-corrected chi connectivity index (χ3v) is 7.40. The summed E-state index contributed by atoms with van der Waals surface area (Å²) in [5, 5.41) is 2.67. The van der Waals surface area contributed by atoms with Crippen molar-refractivity contribution in [1.82, 2.24) is 4.31 Å². The smallest absolute Gasteiger partial charge is 0.331 e. The minimum Gasteiger partial charge on any atom is -0.452 e. The summed E-state index contributed by atoms with van der Waals surface area (Å²) >= 11 is 0. The van der Waals surface area contributed by atoms with Gasteiger partial charge in [-0.3, -0.25) is 4.79 Å². The van der Waals surface area contributed by atoms with Gasteiger partial charge in [0.25, 0.3) is 5.91 Å². The van der Waals surface area contributed by atoms with Crippen molar-refractivity contribution < 1.29 is 22.7 Å². The molecular formula is C25H30N2O5S. The van der Waals surface area contributed by atoms with E-state index in [2.05, 4.69) is 5.32 Å². The predicted octanol–water partition coefficient (Wildman–Crippen LogP) is 4.01. The average molecular weight is 471 g/mol. The first-order valence-electron chi connectivity index (χ1n) is 11.2. The molecule has 0 saturated carbocycles. The van der Waals surface area contributed by atoms with Gasteiger partial charge in [0.1, 0.15) is 0 Å². The third kappa shape index (κ3) is 7.27. The van der Waals surface area contributed by atoms with E-state index in [0.29, 0.717) is 24.3 Å². The molecule has 7 nitrogen and oxygen atoms in total. The fourth-order valence-corrected chi connectivity index (χ4v) is 5.07. The van der Waals surface area contributed by atoms with Crippen molar-refractivity contribution in [2.24, 2.45) is 0 Å². The van der Waals surface area contributed by atoms with E-state index in [0.717, 1.165) is 37.7 Å². The molecule has 2 aromatic carbocycles. The Morgan fingerprint density at radius 1 is 0.970 bits per heavy atom. The molecule has 8 heteroatoms. The summed E-state index contributed by atoms with van der Waals surface area (Å²) in [6.07, 6.45) is 7.51. The average Bonchev–Trinajstić information content (AvgIpc) is 3.12. The summed E-state index contributed by atoms with van der Waals surface area (Å²) in [4.78, 5) is 24.1. The fourth-order valence-electron chi connectivity index (χ4n) is 3.55. The normalized spacial score (nSPS) is 15.2. The van der Waals surface area contributed by atoms with Crippen LogP contribution in [0.4, 0.5) is 5.69 Å². The standard InChI is InChI=1S/C25H30N2O5S/c1-2-20-7-12-22(13-8-20)26-24(28)19-32-25(29)16-11-21-9-14-23(15-10-21)33(30,31)27-17-5-3-4-6-18-27/h7-16H,2-6,17-19H2,1H3,(H,26,28). The Labute approximate surface area is 195 Å². The number of aryl methyl sites for hydroxylation is 1. The van der Waals surface area contributed by atoms with Crippen LogP contribution < -0.4 is 5.32 Å². The number of hydrogen-bond acceptors (Lipinski definition) is 5. The van der Waals surface area contributed by atoms with Gasteiger partial charge in [-0.2, -0.15) is 4.31 Å². The topological polar surface area (TPSA) is 92.8 Å². The summed E-state index contributed by atoms with van der Waals surface area (Å²) in [6.45, 7) is 2.75. The number of sulfonamides is 1. The minimum atomic E-state index is -3.51. The largest absolute Gasteiger partial charge is 0.452 e. The van der Waals surface area contributed by atoms with Crippen molar-refractivity contribution in [3.8, 4) is 0 Å². The second-order valence-electron chi connectivity index (χ2n) is 7.93. The van der Waals surface area contributed by atoms with Gasteiger partial charge in [0.2, 0.25) is 10.0 Å². The molecule has 1 heterocycles. The molecule has 1 N–H and O–H groups in total. The molecule has 3 rings (SSSR count). The zero-order valence-electron chi connectivity index (χ0n) is 18.8. The first-order valence-corrected chi connectivity index (χ1v) is 12.7. The molecule has 1 saturated heterocycles. The molecule has 0 atom stereocenters. The second-order valence-corrected chi connectivity index (χ2v) is 9.86. The maximum Gasteiger partial charge on any atom is 0.331 e. The summed E-state index contributed by atoms with van der Waals surface area (Å²) in [5.41, 5.74) is 2.46. The number of rotatable bonds is 8. The fraction of sp³-hybridized carbons (Fsp3) is 0.360. The number of carbonyl (C=O) groups is 2. The van der Waals surface area contributed by atoms with Crippen LogP contribution >= 0.6 is 0 Å². The van der Waals surface area contributed by atoms with Gasteiger partial charge in [-0.1, -0.05) is 44.0 Å². The Kier molecular flexibility index (Phi) is 8.79. The highest BCUT2D eigenvalue weighted by Gasteiger charge is 2.24. The maximum atomic E-state index is 12.8. The number of amides is 1. The van der Waals surface area contributed by atoms with E-state index in [-0.39, 0.29) is 4.90 Å². The Morgan fingerprint density at radius 3 is 2.21 bits per heavy atom. The molecule has 0 spiro atoms. The van der Waals surface area contributed by atoms with E-state index >= 15 is 0 Å². The van der Waals surface area contributed by atoms with Crippen molar-refractivity contribution in [2.45, 2.75) is 43.9 Å². The second kappa shape index (κ2) is 11.8. The molecule has 176 valence electrons. The molecule has 33 heavy (non-hydrogen) atoms. The van der Waals surface area contributed by atoms with Crippen LogP contribution in [0.3, 0.4) is 0 Å². The van der Waals surface area contributed by atoms with Crippen molar-refractivity contribution in [3.63, 3.8) is 0 Å². The Balaban J connectivity index is 1.49. The van der Waals surface area contributed by atoms with Crippen LogP contribution in [0.5, 0.6) is 0 Å². The van der Waals surface area contributed by atoms with Crippen LogP contribution in [0.15, 0.2) is 59.5 Å². The Bertz CT molecular complexity index is 1070. The molecule has 0 unspecified atom stereocenters. The van der Waals surface area contributed by atoms with Crippen molar-refractivity contribution in [2.75, 3.05) is 25.0 Å². The lowest BCUT2D eigenvalue weighted by atomic mass is 10.1. The van der Waals surface area contributed by atoms with E-state index in [4.69, 9.17) is 4.74 Å². The van der Waals surface area contributed by atoms with E-state index < -0.39 is 28.5 Å². The van der Waals surface area contributed by atoms with Crippen LogP contribution in [0.2, 0.25) is 0 Å². The number of anilines is 1. The summed E-state index contributed by atoms with van der Waals surface area (Å²) < 4.78 is 32.2. The highest BCUT2D eigenvalue weighted by atomic mass is 32.2. The lowest BCUT2D eigenvalue weighted by Gasteiger charge is -2.19. The van der Waals surface area contributed by atoms with Gasteiger partial charge < -0.3 is 10.1 Å². The molecule has 0 aliphatic carbocycles. The number of carbonyl (C=O) groups excluding carboxylic acids is 2. The monoisotopic (exact) mass is 470 g/mol. The van der Waals surface area contributed by atoms with Gasteiger partial charge >= 0.3 is 5.97 Å². The van der Waals surface area contributed by atoms with Gasteiger partial charge in [0.05, 0.1) is 4.90 Å². The summed E-state index contributed by atoms with van der Waals surface area (Å²) in [6, 6.07) is 13.8. The van der Waals surface area contributed by atoms with Gasteiger partial charge in [0, 0.05) is 24.9 Å².